The monoisotopic (exact) mass is 213 g/mol. The van der Waals surface area contributed by atoms with Gasteiger partial charge in [0.05, 0.1) is 6.42 Å². The van der Waals surface area contributed by atoms with Crippen LogP contribution < -0.4 is 5.73 Å². The molecule has 1 rings (SSSR count). The highest BCUT2D eigenvalue weighted by atomic mass is 16.4. The molecule has 3 nitrogen and oxygen atoms in total. The number of aliphatic carboxylic acids is 1. The second-order valence-electron chi connectivity index (χ2n) is 4.97. The van der Waals surface area contributed by atoms with E-state index in [1.165, 1.54) is 32.1 Å². The van der Waals surface area contributed by atoms with Crippen LogP contribution in [0.1, 0.15) is 51.9 Å². The SMILES string of the molecule is C[C@H](CCC1CCCC1)[C@H](N)CC(=O)O. The van der Waals surface area contributed by atoms with Gasteiger partial charge in [-0.3, -0.25) is 4.79 Å². The van der Waals surface area contributed by atoms with E-state index in [1.54, 1.807) is 0 Å². The molecule has 0 aromatic carbocycles. The first-order valence-corrected chi connectivity index (χ1v) is 6.07. The lowest BCUT2D eigenvalue weighted by molar-refractivity contribution is -0.137. The molecule has 0 aromatic heterocycles. The molecule has 0 heterocycles. The van der Waals surface area contributed by atoms with Crippen molar-refractivity contribution < 1.29 is 9.90 Å². The van der Waals surface area contributed by atoms with Crippen LogP contribution in [0.15, 0.2) is 0 Å². The van der Waals surface area contributed by atoms with E-state index in [9.17, 15) is 4.79 Å². The minimum Gasteiger partial charge on any atom is -0.481 e. The largest absolute Gasteiger partial charge is 0.481 e. The number of carboxylic acid groups (broad SMARTS) is 1. The molecular formula is C12H23NO2. The minimum atomic E-state index is -0.782. The number of hydrogen-bond donors (Lipinski definition) is 2. The van der Waals surface area contributed by atoms with Crippen LogP contribution in [0.2, 0.25) is 0 Å². The molecule has 15 heavy (non-hydrogen) atoms. The Morgan fingerprint density at radius 1 is 1.47 bits per heavy atom. The molecule has 1 aliphatic carbocycles. The highest BCUT2D eigenvalue weighted by Gasteiger charge is 2.19. The van der Waals surface area contributed by atoms with Crippen LogP contribution >= 0.6 is 0 Å². The Labute approximate surface area is 92.0 Å². The Kier molecular flexibility index (Phi) is 5.09. The molecule has 88 valence electrons. The summed E-state index contributed by atoms with van der Waals surface area (Å²) in [6.45, 7) is 2.07. The summed E-state index contributed by atoms with van der Waals surface area (Å²) in [5.74, 6) is 0.432. The fourth-order valence-corrected chi connectivity index (χ4v) is 2.41. The summed E-state index contributed by atoms with van der Waals surface area (Å²) in [7, 11) is 0. The van der Waals surface area contributed by atoms with Gasteiger partial charge in [-0.25, -0.2) is 0 Å². The summed E-state index contributed by atoms with van der Waals surface area (Å²) in [4.78, 5) is 10.5. The van der Waals surface area contributed by atoms with Crippen LogP contribution in [0.25, 0.3) is 0 Å². The summed E-state index contributed by atoms with van der Waals surface area (Å²) in [6, 6.07) is -0.177. The first-order chi connectivity index (χ1) is 7.09. The Hall–Kier alpha value is -0.570. The fraction of sp³-hybridized carbons (Fsp3) is 0.917. The van der Waals surface area contributed by atoms with Crippen molar-refractivity contribution in [2.75, 3.05) is 0 Å². The van der Waals surface area contributed by atoms with E-state index >= 15 is 0 Å². The maximum absolute atomic E-state index is 10.5. The Morgan fingerprint density at radius 3 is 2.60 bits per heavy atom. The molecule has 0 radical (unpaired) electrons. The van der Waals surface area contributed by atoms with Crippen LogP contribution in [0.5, 0.6) is 0 Å². The van der Waals surface area contributed by atoms with Crippen molar-refractivity contribution in [1.29, 1.82) is 0 Å². The van der Waals surface area contributed by atoms with E-state index in [4.69, 9.17) is 10.8 Å². The lowest BCUT2D eigenvalue weighted by atomic mass is 9.90. The Bertz CT molecular complexity index is 200. The zero-order valence-electron chi connectivity index (χ0n) is 9.61. The fourth-order valence-electron chi connectivity index (χ4n) is 2.41. The molecule has 0 bridgehead atoms. The van der Waals surface area contributed by atoms with E-state index in [0.717, 1.165) is 12.3 Å². The first-order valence-electron chi connectivity index (χ1n) is 6.07. The quantitative estimate of drug-likeness (QED) is 0.712. The number of carboxylic acids is 1. The predicted octanol–water partition coefficient (Wildman–Crippen LogP) is 2.39. The van der Waals surface area contributed by atoms with Crippen LogP contribution in [-0.2, 0) is 4.79 Å². The molecule has 3 heteroatoms. The van der Waals surface area contributed by atoms with Crippen molar-refractivity contribution in [1.82, 2.24) is 0 Å². The van der Waals surface area contributed by atoms with Crippen LogP contribution in [0.4, 0.5) is 0 Å². The summed E-state index contributed by atoms with van der Waals surface area (Å²) >= 11 is 0. The molecule has 0 aliphatic heterocycles. The molecule has 1 saturated carbocycles. The molecule has 0 spiro atoms. The summed E-state index contributed by atoms with van der Waals surface area (Å²) in [6.07, 6.45) is 7.89. The summed E-state index contributed by atoms with van der Waals surface area (Å²) in [5, 5.41) is 8.63. The average molecular weight is 213 g/mol. The highest BCUT2D eigenvalue weighted by molar-refractivity contribution is 5.67. The van der Waals surface area contributed by atoms with Crippen molar-refractivity contribution in [2.45, 2.75) is 57.9 Å². The van der Waals surface area contributed by atoms with Crippen molar-refractivity contribution in [2.24, 2.45) is 17.6 Å². The number of nitrogens with two attached hydrogens (primary N) is 1. The zero-order chi connectivity index (χ0) is 11.3. The van der Waals surface area contributed by atoms with Gasteiger partial charge in [-0.15, -0.1) is 0 Å². The van der Waals surface area contributed by atoms with Gasteiger partial charge in [0.1, 0.15) is 0 Å². The van der Waals surface area contributed by atoms with Gasteiger partial charge in [0.25, 0.3) is 0 Å². The average Bonchev–Trinajstić information content (AvgIpc) is 2.65. The van der Waals surface area contributed by atoms with Gasteiger partial charge in [-0.1, -0.05) is 39.0 Å². The standard InChI is InChI=1S/C12H23NO2/c1-9(11(13)8-12(14)15)6-7-10-4-2-3-5-10/h9-11H,2-8,13H2,1H3,(H,14,15)/t9-,11-/m1/s1. The van der Waals surface area contributed by atoms with Crippen LogP contribution in [0, 0.1) is 11.8 Å². The van der Waals surface area contributed by atoms with E-state index in [1.807, 2.05) is 0 Å². The maximum atomic E-state index is 10.5. The second-order valence-corrected chi connectivity index (χ2v) is 4.97. The third-order valence-corrected chi connectivity index (χ3v) is 3.65. The normalized spacial score (nSPS) is 21.5. The summed E-state index contributed by atoms with van der Waals surface area (Å²) < 4.78 is 0. The molecule has 0 amide bonds. The van der Waals surface area contributed by atoms with Gasteiger partial charge in [0.2, 0.25) is 0 Å². The highest BCUT2D eigenvalue weighted by Crippen LogP contribution is 2.30. The van der Waals surface area contributed by atoms with Crippen molar-refractivity contribution in [3.8, 4) is 0 Å². The van der Waals surface area contributed by atoms with E-state index in [-0.39, 0.29) is 12.5 Å². The van der Waals surface area contributed by atoms with Crippen LogP contribution in [0.3, 0.4) is 0 Å². The maximum Gasteiger partial charge on any atom is 0.304 e. The molecule has 3 N–H and O–H groups in total. The van der Waals surface area contributed by atoms with E-state index < -0.39 is 5.97 Å². The smallest absolute Gasteiger partial charge is 0.304 e. The third-order valence-electron chi connectivity index (χ3n) is 3.65. The van der Waals surface area contributed by atoms with Gasteiger partial charge in [0.15, 0.2) is 0 Å². The van der Waals surface area contributed by atoms with Gasteiger partial charge in [0, 0.05) is 6.04 Å². The molecular weight excluding hydrogens is 190 g/mol. The molecule has 0 aromatic rings. The molecule has 1 aliphatic rings. The number of rotatable bonds is 6. The lowest BCUT2D eigenvalue weighted by Crippen LogP contribution is -2.31. The third kappa shape index (κ3) is 4.65. The van der Waals surface area contributed by atoms with E-state index in [0.29, 0.717) is 5.92 Å². The van der Waals surface area contributed by atoms with Gasteiger partial charge >= 0.3 is 5.97 Å². The van der Waals surface area contributed by atoms with Crippen molar-refractivity contribution in [3.63, 3.8) is 0 Å². The predicted molar refractivity (Wildman–Crippen MR) is 60.6 cm³/mol. The Morgan fingerprint density at radius 2 is 2.07 bits per heavy atom. The number of carbonyl (C=O) groups is 1. The molecule has 0 unspecified atom stereocenters. The lowest BCUT2D eigenvalue weighted by Gasteiger charge is -2.19. The van der Waals surface area contributed by atoms with Gasteiger partial charge in [-0.2, -0.15) is 0 Å². The second kappa shape index (κ2) is 6.11. The first kappa shape index (κ1) is 12.5. The van der Waals surface area contributed by atoms with Crippen LogP contribution in [-0.4, -0.2) is 17.1 Å². The van der Waals surface area contributed by atoms with Crippen molar-refractivity contribution in [3.05, 3.63) is 0 Å². The minimum absolute atomic E-state index is 0.103. The number of hydrogen-bond acceptors (Lipinski definition) is 2. The zero-order valence-corrected chi connectivity index (χ0v) is 9.61. The topological polar surface area (TPSA) is 63.3 Å². The summed E-state index contributed by atoms with van der Waals surface area (Å²) in [5.41, 5.74) is 5.82. The molecule has 0 saturated heterocycles. The molecule has 2 atom stereocenters. The molecule has 1 fully saturated rings. The van der Waals surface area contributed by atoms with Crippen molar-refractivity contribution >= 4 is 5.97 Å². The van der Waals surface area contributed by atoms with Gasteiger partial charge < -0.3 is 10.8 Å². The van der Waals surface area contributed by atoms with Gasteiger partial charge in [-0.05, 0) is 18.3 Å². The Balaban J connectivity index is 2.16. The van der Waals surface area contributed by atoms with E-state index in [2.05, 4.69) is 6.92 Å².